The molecule has 10 heteroatoms. The summed E-state index contributed by atoms with van der Waals surface area (Å²) < 4.78 is 53.8. The Morgan fingerprint density at radius 2 is 1.55 bits per heavy atom. The minimum absolute atomic E-state index is 0.00101. The Morgan fingerprint density at radius 3 is 2.36 bits per heavy atom. The highest BCUT2D eigenvalue weighted by atomic mass is 16.8. The molecule has 0 spiro atoms. The number of aliphatic hydroxyl groups is 2. The van der Waals surface area contributed by atoms with E-state index < -0.39 is 11.9 Å². The topological polar surface area (TPSA) is 114 Å². The summed E-state index contributed by atoms with van der Waals surface area (Å²) in [6, 6.07) is 10.6. The summed E-state index contributed by atoms with van der Waals surface area (Å²) >= 11 is 0. The number of benzene rings is 1. The van der Waals surface area contributed by atoms with Crippen LogP contribution < -0.4 is 0 Å². The van der Waals surface area contributed by atoms with Gasteiger partial charge >= 0.3 is 0 Å². The first-order valence-electron chi connectivity index (χ1n) is 22.1. The monoisotopic (exact) mass is 778 g/mol. The Labute approximate surface area is 333 Å². The first-order valence-corrected chi connectivity index (χ1v) is 22.1. The summed E-state index contributed by atoms with van der Waals surface area (Å²) in [7, 11) is 0. The standard InChI is InChI=1S/C46H66O10/c1-6-31-12-15-36-41(51-31)45-44-43(53-36)42-40(54-44)23-46(55-42,56-45)17-16-33-19-26(3)35(49-33)14-13-32-18-25(2)27(4)38(50-32)22-39-34(20-29-10-8-7-9-11-29)28(5)37(52-39)21-30(48)24-47/h7-11,25,28,30-45,47-48H,3-4,6,12-24H2,1-2,5H3/t25-,28-,30+,31+,32?,33?,34-,35+,36+,37-,38-,39?,40-,41+,42+,43+,44-,45+,46+/m1/s1. The van der Waals surface area contributed by atoms with E-state index in [1.54, 1.807) is 0 Å². The van der Waals surface area contributed by atoms with Crippen molar-refractivity contribution in [1.82, 2.24) is 0 Å². The molecule has 0 aliphatic carbocycles. The molecule has 0 radical (unpaired) electrons. The Morgan fingerprint density at radius 1 is 0.786 bits per heavy atom. The van der Waals surface area contributed by atoms with E-state index in [2.05, 4.69) is 58.2 Å². The van der Waals surface area contributed by atoms with Crippen molar-refractivity contribution in [3.63, 3.8) is 0 Å². The first kappa shape index (κ1) is 39.7. The Kier molecular flexibility index (Phi) is 11.6. The number of rotatable bonds is 14. The summed E-state index contributed by atoms with van der Waals surface area (Å²) in [6.07, 6.45) is 9.80. The molecule has 1 aromatic rings. The molecule has 0 saturated carbocycles. The van der Waals surface area contributed by atoms with Crippen LogP contribution in [0.1, 0.15) is 103 Å². The second-order valence-electron chi connectivity index (χ2n) is 18.7. The largest absolute Gasteiger partial charge is 0.394 e. The summed E-state index contributed by atoms with van der Waals surface area (Å²) in [6.45, 7) is 15.4. The predicted octanol–water partition coefficient (Wildman–Crippen LogP) is 6.38. The van der Waals surface area contributed by atoms with E-state index in [4.69, 9.17) is 37.9 Å². The van der Waals surface area contributed by atoms with Crippen molar-refractivity contribution < 1.29 is 48.1 Å². The number of ether oxygens (including phenoxy) is 8. The van der Waals surface area contributed by atoms with Crippen LogP contribution in [0.4, 0.5) is 0 Å². The number of aliphatic hydroxyl groups excluding tert-OH is 2. The first-order chi connectivity index (χ1) is 27.1. The zero-order valence-electron chi connectivity index (χ0n) is 33.8. The molecule has 0 aromatic heterocycles. The Bertz CT molecular complexity index is 1540. The van der Waals surface area contributed by atoms with Gasteiger partial charge in [-0.05, 0) is 92.3 Å². The third kappa shape index (κ3) is 7.75. The Hall–Kier alpha value is -1.70. The highest BCUT2D eigenvalue weighted by Crippen LogP contribution is 2.54. The molecule has 9 aliphatic rings. The predicted molar refractivity (Wildman–Crippen MR) is 209 cm³/mol. The lowest BCUT2D eigenvalue weighted by atomic mass is 9.79. The molecule has 3 unspecified atom stereocenters. The summed E-state index contributed by atoms with van der Waals surface area (Å²) in [4.78, 5) is 0. The maximum absolute atomic E-state index is 10.3. The van der Waals surface area contributed by atoms with E-state index >= 15 is 0 Å². The molecule has 9 fully saturated rings. The van der Waals surface area contributed by atoms with Gasteiger partial charge in [0.15, 0.2) is 5.79 Å². The average Bonchev–Trinajstić information content (AvgIpc) is 3.87. The van der Waals surface area contributed by atoms with Crippen LogP contribution in [0.2, 0.25) is 0 Å². The van der Waals surface area contributed by atoms with Gasteiger partial charge < -0.3 is 48.1 Å². The van der Waals surface area contributed by atoms with Crippen LogP contribution in [-0.2, 0) is 44.3 Å². The highest BCUT2D eigenvalue weighted by Gasteiger charge is 2.68. The van der Waals surface area contributed by atoms with Crippen molar-refractivity contribution in [2.24, 2.45) is 17.8 Å². The molecule has 56 heavy (non-hydrogen) atoms. The lowest BCUT2D eigenvalue weighted by Gasteiger charge is -2.47. The fourth-order valence-electron chi connectivity index (χ4n) is 11.7. The molecule has 9 saturated heterocycles. The molecule has 1 aromatic carbocycles. The van der Waals surface area contributed by atoms with Gasteiger partial charge in [0, 0.05) is 25.7 Å². The lowest BCUT2D eigenvalue weighted by molar-refractivity contribution is -0.292. The second-order valence-corrected chi connectivity index (χ2v) is 18.7. The van der Waals surface area contributed by atoms with Crippen LogP contribution in [0.3, 0.4) is 0 Å². The van der Waals surface area contributed by atoms with Gasteiger partial charge in [-0.25, -0.2) is 0 Å². The number of hydrogen-bond donors (Lipinski definition) is 2. The van der Waals surface area contributed by atoms with Gasteiger partial charge in [-0.2, -0.15) is 0 Å². The zero-order chi connectivity index (χ0) is 38.7. The van der Waals surface area contributed by atoms with Crippen molar-refractivity contribution in [1.29, 1.82) is 0 Å². The van der Waals surface area contributed by atoms with Gasteiger partial charge in [0.2, 0.25) is 0 Å². The fourth-order valence-corrected chi connectivity index (χ4v) is 11.7. The van der Waals surface area contributed by atoms with Crippen LogP contribution in [0.5, 0.6) is 0 Å². The van der Waals surface area contributed by atoms with E-state index in [0.717, 1.165) is 88.2 Å². The average molecular weight is 779 g/mol. The fraction of sp³-hybridized carbons (Fsp3) is 0.783. The Balaban J connectivity index is 0.794. The third-order valence-electron chi connectivity index (χ3n) is 15.0. The van der Waals surface area contributed by atoms with Gasteiger partial charge in [0.25, 0.3) is 0 Å². The van der Waals surface area contributed by atoms with Crippen LogP contribution >= 0.6 is 0 Å². The smallest absolute Gasteiger partial charge is 0.172 e. The van der Waals surface area contributed by atoms with Crippen molar-refractivity contribution in [3.8, 4) is 0 Å². The lowest BCUT2D eigenvalue weighted by Crippen LogP contribution is -2.61. The van der Waals surface area contributed by atoms with Gasteiger partial charge in [0.1, 0.15) is 30.5 Å². The molecule has 9 heterocycles. The van der Waals surface area contributed by atoms with E-state index in [1.165, 1.54) is 5.56 Å². The van der Waals surface area contributed by atoms with Gasteiger partial charge in [-0.1, -0.05) is 64.3 Å². The molecule has 310 valence electrons. The van der Waals surface area contributed by atoms with Crippen molar-refractivity contribution in [2.75, 3.05) is 6.61 Å². The maximum Gasteiger partial charge on any atom is 0.172 e. The van der Waals surface area contributed by atoms with Crippen LogP contribution in [-0.4, -0.2) is 114 Å². The summed E-state index contributed by atoms with van der Waals surface area (Å²) in [5.41, 5.74) is 3.59. The molecule has 2 N–H and O–H groups in total. The summed E-state index contributed by atoms with van der Waals surface area (Å²) in [5, 5.41) is 19.9. The van der Waals surface area contributed by atoms with E-state index in [9.17, 15) is 10.2 Å². The molecule has 9 aliphatic heterocycles. The summed E-state index contributed by atoms with van der Waals surface area (Å²) in [5.74, 6) is 0.150. The molecule has 19 atom stereocenters. The molecular formula is C46H66O10. The van der Waals surface area contributed by atoms with Crippen molar-refractivity contribution in [3.05, 3.63) is 60.2 Å². The van der Waals surface area contributed by atoms with Crippen LogP contribution in [0.25, 0.3) is 0 Å². The SMILES string of the molecule is C=C1CC(CC[C@@]23C[C@H]4O[C@H]5[C@@H](O2)[C@H]2O[C@@H](CC)CC[C@@H]2O[C@H]5[C@H]4O3)O[C@H]1CCC1C[C@@H](C)C(=C)[C@@H](CC2O[C@H](C[C@H](O)CO)[C@H](C)[C@H]2Cc2ccccc2)O1. The minimum atomic E-state index is -0.785. The van der Waals surface area contributed by atoms with Crippen LogP contribution in [0, 0.1) is 17.8 Å². The van der Waals surface area contributed by atoms with Gasteiger partial charge in [-0.15, -0.1) is 0 Å². The number of fused-ring (bicyclic) bond motifs is 1. The molecule has 10 rings (SSSR count). The van der Waals surface area contributed by atoms with Gasteiger partial charge in [-0.3, -0.25) is 0 Å². The molecule has 10 nitrogen and oxygen atoms in total. The normalized spacial score (nSPS) is 47.3. The van der Waals surface area contributed by atoms with Crippen molar-refractivity contribution in [2.45, 2.75) is 202 Å². The third-order valence-corrected chi connectivity index (χ3v) is 15.0. The van der Waals surface area contributed by atoms with E-state index in [0.29, 0.717) is 12.3 Å². The molecular weight excluding hydrogens is 712 g/mol. The second kappa shape index (κ2) is 16.4. The molecule has 0 amide bonds. The van der Waals surface area contributed by atoms with E-state index in [1.807, 2.05) is 6.07 Å². The highest BCUT2D eigenvalue weighted by molar-refractivity contribution is 5.18. The maximum atomic E-state index is 10.3. The molecule has 6 bridgehead atoms. The van der Waals surface area contributed by atoms with E-state index in [-0.39, 0.29) is 104 Å². The van der Waals surface area contributed by atoms with Crippen LogP contribution in [0.15, 0.2) is 54.6 Å². The van der Waals surface area contributed by atoms with Crippen molar-refractivity contribution >= 4 is 0 Å². The minimum Gasteiger partial charge on any atom is -0.394 e. The zero-order valence-corrected chi connectivity index (χ0v) is 33.8. The van der Waals surface area contributed by atoms with Gasteiger partial charge in [0.05, 0.1) is 67.6 Å². The number of hydrogen-bond acceptors (Lipinski definition) is 10. The quantitative estimate of drug-likeness (QED) is 0.206.